The van der Waals surface area contributed by atoms with Gasteiger partial charge in [0.25, 0.3) is 0 Å². The lowest BCUT2D eigenvalue weighted by Crippen LogP contribution is -2.26. The van der Waals surface area contributed by atoms with Gasteiger partial charge in [0.05, 0.1) is 5.69 Å². The summed E-state index contributed by atoms with van der Waals surface area (Å²) in [6.07, 6.45) is 2.31. The van der Waals surface area contributed by atoms with Gasteiger partial charge in [-0.25, -0.2) is 10.2 Å². The Morgan fingerprint density at radius 1 is 1.45 bits per heavy atom. The summed E-state index contributed by atoms with van der Waals surface area (Å²) in [5, 5.41) is 3.60. The lowest BCUT2D eigenvalue weighted by Gasteiger charge is -2.20. The summed E-state index contributed by atoms with van der Waals surface area (Å²) in [6.45, 7) is 0. The molecule has 0 atom stereocenters. The predicted octanol–water partition coefficient (Wildman–Crippen LogP) is 4.37. The van der Waals surface area contributed by atoms with Crippen LogP contribution in [0, 0.1) is 5.82 Å². The average molecular weight is 308 g/mol. The topological polar surface area (TPSA) is 29.3 Å². The number of thioether (sulfide) groups is 1. The molecule has 0 amide bonds. The molecule has 0 saturated heterocycles. The highest BCUT2D eigenvalue weighted by Crippen LogP contribution is 2.48. The van der Waals surface area contributed by atoms with E-state index in [-0.39, 0.29) is 5.82 Å². The second-order valence-electron chi connectivity index (χ2n) is 5.10. The number of nitrogens with zero attached hydrogens (tertiary/aromatic N) is 1. The molecule has 1 fully saturated rings. The highest BCUT2D eigenvalue weighted by atomic mass is 32.2. The highest BCUT2D eigenvalue weighted by Gasteiger charge is 2.28. The maximum absolute atomic E-state index is 13.8. The van der Waals surface area contributed by atoms with Crippen LogP contribution in [0.2, 0.25) is 0 Å². The van der Waals surface area contributed by atoms with E-state index in [1.807, 2.05) is 0 Å². The van der Waals surface area contributed by atoms with Crippen molar-refractivity contribution < 1.29 is 4.39 Å². The van der Waals surface area contributed by atoms with Gasteiger partial charge in [-0.15, -0.1) is 23.1 Å². The van der Waals surface area contributed by atoms with Gasteiger partial charge >= 0.3 is 0 Å². The number of nitrogens with two attached hydrogens (primary N) is 1. The van der Waals surface area contributed by atoms with Gasteiger partial charge in [0.2, 0.25) is 0 Å². The molecule has 0 radical (unpaired) electrons. The normalized spacial score (nSPS) is 14.6. The van der Waals surface area contributed by atoms with Gasteiger partial charge in [-0.1, -0.05) is 6.07 Å². The minimum atomic E-state index is -0.195. The maximum atomic E-state index is 13.8. The van der Waals surface area contributed by atoms with E-state index in [1.165, 1.54) is 16.0 Å². The van der Waals surface area contributed by atoms with Gasteiger partial charge in [0, 0.05) is 22.6 Å². The molecule has 2 nitrogen and oxygen atoms in total. The SMILES string of the molecule is CN(N)c1cc(F)cc(C2CC2)c1SCc1cccs1. The highest BCUT2D eigenvalue weighted by molar-refractivity contribution is 7.98. The Kier molecular flexibility index (Phi) is 4.01. The molecule has 1 saturated carbocycles. The van der Waals surface area contributed by atoms with Crippen molar-refractivity contribution in [3.05, 3.63) is 45.9 Å². The number of anilines is 1. The zero-order chi connectivity index (χ0) is 14.1. The number of hydrogen-bond donors (Lipinski definition) is 1. The summed E-state index contributed by atoms with van der Waals surface area (Å²) in [6, 6.07) is 7.40. The largest absolute Gasteiger partial charge is 0.313 e. The average Bonchev–Trinajstić information content (AvgIpc) is 3.13. The molecule has 2 N–H and O–H groups in total. The Morgan fingerprint density at radius 3 is 2.85 bits per heavy atom. The van der Waals surface area contributed by atoms with E-state index in [2.05, 4.69) is 17.5 Å². The molecule has 0 unspecified atom stereocenters. The van der Waals surface area contributed by atoms with Crippen molar-refractivity contribution in [3.63, 3.8) is 0 Å². The smallest absolute Gasteiger partial charge is 0.125 e. The van der Waals surface area contributed by atoms with Crippen molar-refractivity contribution in [1.29, 1.82) is 0 Å². The van der Waals surface area contributed by atoms with Crippen molar-refractivity contribution in [2.45, 2.75) is 29.4 Å². The lowest BCUT2D eigenvalue weighted by molar-refractivity contribution is 0.623. The fourth-order valence-corrected chi connectivity index (χ4v) is 4.32. The quantitative estimate of drug-likeness (QED) is 0.505. The first-order valence-electron chi connectivity index (χ1n) is 6.62. The first kappa shape index (κ1) is 13.9. The maximum Gasteiger partial charge on any atom is 0.125 e. The molecule has 0 spiro atoms. The fraction of sp³-hybridized carbons (Fsp3) is 0.333. The van der Waals surface area contributed by atoms with Crippen LogP contribution < -0.4 is 10.9 Å². The third-order valence-corrected chi connectivity index (χ3v) is 5.65. The van der Waals surface area contributed by atoms with Crippen LogP contribution in [0.3, 0.4) is 0 Å². The van der Waals surface area contributed by atoms with Crippen LogP contribution in [0.1, 0.15) is 29.2 Å². The minimum absolute atomic E-state index is 0.195. The van der Waals surface area contributed by atoms with E-state index in [4.69, 9.17) is 5.84 Å². The van der Waals surface area contributed by atoms with Crippen LogP contribution in [0.4, 0.5) is 10.1 Å². The Morgan fingerprint density at radius 2 is 2.25 bits per heavy atom. The Labute approximate surface area is 126 Å². The van der Waals surface area contributed by atoms with E-state index in [0.29, 0.717) is 5.92 Å². The van der Waals surface area contributed by atoms with E-state index >= 15 is 0 Å². The molecular formula is C15H17FN2S2. The van der Waals surface area contributed by atoms with Gasteiger partial charge in [-0.2, -0.15) is 0 Å². The zero-order valence-corrected chi connectivity index (χ0v) is 12.9. The molecule has 0 aliphatic heterocycles. The zero-order valence-electron chi connectivity index (χ0n) is 11.3. The van der Waals surface area contributed by atoms with Gasteiger partial charge in [0.15, 0.2) is 0 Å². The van der Waals surface area contributed by atoms with E-state index < -0.39 is 0 Å². The van der Waals surface area contributed by atoms with Crippen molar-refractivity contribution in [2.24, 2.45) is 5.84 Å². The van der Waals surface area contributed by atoms with Crippen LogP contribution in [-0.2, 0) is 5.75 Å². The number of thiophene rings is 1. The molecule has 1 aliphatic rings. The third kappa shape index (κ3) is 3.00. The Bertz CT molecular complexity index is 569. The molecule has 0 bridgehead atoms. The summed E-state index contributed by atoms with van der Waals surface area (Å²) >= 11 is 3.51. The second-order valence-corrected chi connectivity index (χ2v) is 7.11. The number of benzene rings is 1. The lowest BCUT2D eigenvalue weighted by atomic mass is 10.1. The standard InChI is InChI=1S/C15H17FN2S2/c1-18(17)14-8-11(16)7-13(10-4-5-10)15(14)20-9-12-3-2-6-19-12/h2-3,6-8,10H,4-5,9,17H2,1H3. The summed E-state index contributed by atoms with van der Waals surface area (Å²) in [7, 11) is 1.76. The summed E-state index contributed by atoms with van der Waals surface area (Å²) in [5.41, 5.74) is 1.91. The molecule has 3 rings (SSSR count). The molecule has 106 valence electrons. The number of rotatable bonds is 5. The molecule has 2 aromatic rings. The third-order valence-electron chi connectivity index (χ3n) is 3.40. The second kappa shape index (κ2) is 5.76. The summed E-state index contributed by atoms with van der Waals surface area (Å²) < 4.78 is 13.8. The van der Waals surface area contributed by atoms with E-state index in [9.17, 15) is 4.39 Å². The van der Waals surface area contributed by atoms with Crippen molar-refractivity contribution in [2.75, 3.05) is 12.1 Å². The fourth-order valence-electron chi connectivity index (χ4n) is 2.25. The summed E-state index contributed by atoms with van der Waals surface area (Å²) in [5.74, 6) is 7.10. The van der Waals surface area contributed by atoms with Crippen LogP contribution in [0.15, 0.2) is 34.5 Å². The number of halogens is 1. The molecule has 1 heterocycles. The Balaban J connectivity index is 1.93. The summed E-state index contributed by atoms with van der Waals surface area (Å²) in [4.78, 5) is 2.46. The van der Waals surface area contributed by atoms with Crippen LogP contribution in [-0.4, -0.2) is 7.05 Å². The Hall–Kier alpha value is -1.04. The van der Waals surface area contributed by atoms with Crippen LogP contribution in [0.25, 0.3) is 0 Å². The number of hydrazine groups is 1. The van der Waals surface area contributed by atoms with Crippen LogP contribution >= 0.6 is 23.1 Å². The van der Waals surface area contributed by atoms with Gasteiger partial charge < -0.3 is 5.01 Å². The molecule has 20 heavy (non-hydrogen) atoms. The van der Waals surface area contributed by atoms with Crippen molar-refractivity contribution >= 4 is 28.8 Å². The van der Waals surface area contributed by atoms with Crippen LogP contribution in [0.5, 0.6) is 0 Å². The molecule has 1 aromatic heterocycles. The van der Waals surface area contributed by atoms with E-state index in [0.717, 1.165) is 34.7 Å². The first-order chi connectivity index (χ1) is 9.65. The van der Waals surface area contributed by atoms with E-state index in [1.54, 1.807) is 36.2 Å². The molecular weight excluding hydrogens is 291 g/mol. The predicted molar refractivity (Wildman–Crippen MR) is 84.8 cm³/mol. The van der Waals surface area contributed by atoms with Gasteiger partial charge in [-0.05, 0) is 47.9 Å². The molecule has 5 heteroatoms. The van der Waals surface area contributed by atoms with Gasteiger partial charge in [-0.3, -0.25) is 0 Å². The molecule has 1 aromatic carbocycles. The number of hydrogen-bond acceptors (Lipinski definition) is 4. The molecule has 1 aliphatic carbocycles. The van der Waals surface area contributed by atoms with Gasteiger partial charge in [0.1, 0.15) is 5.82 Å². The minimum Gasteiger partial charge on any atom is -0.313 e. The van der Waals surface area contributed by atoms with Crippen molar-refractivity contribution in [3.8, 4) is 0 Å². The first-order valence-corrected chi connectivity index (χ1v) is 8.48. The van der Waals surface area contributed by atoms with Crippen molar-refractivity contribution in [1.82, 2.24) is 0 Å². The monoisotopic (exact) mass is 308 g/mol.